The van der Waals surface area contributed by atoms with Gasteiger partial charge in [0.05, 0.1) is 16.0 Å². The first kappa shape index (κ1) is 16.6. The Hall–Kier alpha value is -0.490. The van der Waals surface area contributed by atoms with Gasteiger partial charge in [0.1, 0.15) is 0 Å². The molecule has 19 heavy (non-hydrogen) atoms. The molecule has 1 aromatic carbocycles. The second kappa shape index (κ2) is 6.79. The molecule has 0 aromatic heterocycles. The number of hydrogen-bond donors (Lipinski definition) is 2. The van der Waals surface area contributed by atoms with E-state index in [2.05, 4.69) is 10.0 Å². The van der Waals surface area contributed by atoms with Crippen molar-refractivity contribution in [1.29, 1.82) is 0 Å². The smallest absolute Gasteiger partial charge is 0.236 e. The minimum absolute atomic E-state index is 0.229. The third kappa shape index (κ3) is 5.18. The van der Waals surface area contributed by atoms with Gasteiger partial charge in [-0.3, -0.25) is 4.72 Å². The highest BCUT2D eigenvalue weighted by molar-refractivity contribution is 7.93. The number of benzene rings is 1. The molecule has 0 aliphatic rings. The van der Waals surface area contributed by atoms with Crippen molar-refractivity contribution in [3.05, 3.63) is 28.2 Å². The standard InChI is InChI=1S/C12H18Cl2N2O2S/c1-8(2)15-7-9(3)19(17,18)16-12-6-10(13)4-5-11(12)14/h4-6,8-9,15-16H,7H2,1-3H3. The summed E-state index contributed by atoms with van der Waals surface area (Å²) in [6.07, 6.45) is 0. The van der Waals surface area contributed by atoms with E-state index >= 15 is 0 Å². The zero-order valence-corrected chi connectivity index (χ0v) is 13.4. The first-order valence-corrected chi connectivity index (χ1v) is 8.22. The van der Waals surface area contributed by atoms with Crippen molar-refractivity contribution in [2.75, 3.05) is 11.3 Å². The van der Waals surface area contributed by atoms with Gasteiger partial charge in [0.25, 0.3) is 0 Å². The van der Waals surface area contributed by atoms with E-state index in [4.69, 9.17) is 23.2 Å². The summed E-state index contributed by atoms with van der Waals surface area (Å²) in [4.78, 5) is 0. The molecule has 0 bridgehead atoms. The average Bonchev–Trinajstić information content (AvgIpc) is 2.30. The van der Waals surface area contributed by atoms with Gasteiger partial charge in [0, 0.05) is 17.6 Å². The van der Waals surface area contributed by atoms with E-state index in [1.54, 1.807) is 19.1 Å². The molecule has 1 rings (SSSR count). The molecule has 0 aliphatic carbocycles. The lowest BCUT2D eigenvalue weighted by Crippen LogP contribution is -2.37. The second-order valence-corrected chi connectivity index (χ2v) is 7.59. The summed E-state index contributed by atoms with van der Waals surface area (Å²) in [5, 5.41) is 3.25. The molecule has 108 valence electrons. The largest absolute Gasteiger partial charge is 0.313 e. The second-order valence-electron chi connectivity index (χ2n) is 4.64. The monoisotopic (exact) mass is 324 g/mol. The van der Waals surface area contributed by atoms with E-state index in [1.165, 1.54) is 6.07 Å². The Bertz CT molecular complexity index is 533. The van der Waals surface area contributed by atoms with Crippen molar-refractivity contribution >= 4 is 38.9 Å². The van der Waals surface area contributed by atoms with Gasteiger partial charge in [0.15, 0.2) is 0 Å². The van der Waals surface area contributed by atoms with Gasteiger partial charge in [0.2, 0.25) is 10.0 Å². The van der Waals surface area contributed by atoms with Crippen LogP contribution in [-0.4, -0.2) is 26.3 Å². The maximum atomic E-state index is 12.1. The summed E-state index contributed by atoms with van der Waals surface area (Å²) in [5.41, 5.74) is 0.297. The highest BCUT2D eigenvalue weighted by Crippen LogP contribution is 2.26. The third-order valence-electron chi connectivity index (χ3n) is 2.52. The molecule has 1 unspecified atom stereocenters. The first-order valence-electron chi connectivity index (χ1n) is 5.92. The van der Waals surface area contributed by atoms with Crippen LogP contribution in [-0.2, 0) is 10.0 Å². The minimum Gasteiger partial charge on any atom is -0.313 e. The molecule has 0 saturated heterocycles. The maximum absolute atomic E-state index is 12.1. The van der Waals surface area contributed by atoms with Crippen LogP contribution in [0.25, 0.3) is 0 Å². The normalized spacial score (nSPS) is 13.6. The van der Waals surface area contributed by atoms with Gasteiger partial charge in [-0.15, -0.1) is 0 Å². The lowest BCUT2D eigenvalue weighted by Gasteiger charge is -2.17. The van der Waals surface area contributed by atoms with E-state index in [0.29, 0.717) is 22.3 Å². The van der Waals surface area contributed by atoms with Gasteiger partial charge in [-0.25, -0.2) is 8.42 Å². The molecule has 7 heteroatoms. The highest BCUT2D eigenvalue weighted by Gasteiger charge is 2.21. The van der Waals surface area contributed by atoms with Crippen LogP contribution in [0.15, 0.2) is 18.2 Å². The molecule has 0 aliphatic heterocycles. The fourth-order valence-corrected chi connectivity index (χ4v) is 2.73. The van der Waals surface area contributed by atoms with Crippen LogP contribution in [0.4, 0.5) is 5.69 Å². The zero-order chi connectivity index (χ0) is 14.6. The Labute approximate surface area is 124 Å². The quantitative estimate of drug-likeness (QED) is 0.845. The molecule has 2 N–H and O–H groups in total. The van der Waals surface area contributed by atoms with Crippen molar-refractivity contribution < 1.29 is 8.42 Å². The Morgan fingerprint density at radius 1 is 1.21 bits per heavy atom. The molecule has 0 spiro atoms. The zero-order valence-electron chi connectivity index (χ0n) is 11.1. The van der Waals surface area contributed by atoms with Crippen molar-refractivity contribution in [2.24, 2.45) is 0 Å². The van der Waals surface area contributed by atoms with Crippen LogP contribution in [0.5, 0.6) is 0 Å². The molecule has 0 radical (unpaired) electrons. The van der Waals surface area contributed by atoms with Crippen LogP contribution < -0.4 is 10.0 Å². The van der Waals surface area contributed by atoms with Crippen molar-refractivity contribution in [1.82, 2.24) is 5.32 Å². The van der Waals surface area contributed by atoms with Gasteiger partial charge in [-0.1, -0.05) is 37.0 Å². The Morgan fingerprint density at radius 3 is 2.42 bits per heavy atom. The van der Waals surface area contributed by atoms with Crippen LogP contribution in [0.2, 0.25) is 10.0 Å². The van der Waals surface area contributed by atoms with Crippen LogP contribution >= 0.6 is 23.2 Å². The molecule has 1 aromatic rings. The van der Waals surface area contributed by atoms with Gasteiger partial charge >= 0.3 is 0 Å². The predicted octanol–water partition coefficient (Wildman–Crippen LogP) is 3.12. The minimum atomic E-state index is -3.50. The summed E-state index contributed by atoms with van der Waals surface area (Å²) < 4.78 is 26.7. The van der Waals surface area contributed by atoms with Crippen LogP contribution in [0, 0.1) is 0 Å². The van der Waals surface area contributed by atoms with Gasteiger partial charge in [-0.05, 0) is 25.1 Å². The fraction of sp³-hybridized carbons (Fsp3) is 0.500. The van der Waals surface area contributed by atoms with Crippen LogP contribution in [0.1, 0.15) is 20.8 Å². The molecule has 4 nitrogen and oxygen atoms in total. The van der Waals surface area contributed by atoms with E-state index in [9.17, 15) is 8.42 Å². The summed E-state index contributed by atoms with van der Waals surface area (Å²) in [6, 6.07) is 4.88. The molecular weight excluding hydrogens is 307 g/mol. The van der Waals surface area contributed by atoms with Crippen molar-refractivity contribution in [2.45, 2.75) is 32.1 Å². The van der Waals surface area contributed by atoms with E-state index in [-0.39, 0.29) is 6.04 Å². The highest BCUT2D eigenvalue weighted by atomic mass is 35.5. The van der Waals surface area contributed by atoms with E-state index in [1.807, 2.05) is 13.8 Å². The van der Waals surface area contributed by atoms with Gasteiger partial charge in [-0.2, -0.15) is 0 Å². The number of nitrogens with one attached hydrogen (secondary N) is 2. The first-order chi connectivity index (χ1) is 8.72. The Kier molecular flexibility index (Phi) is 5.92. The van der Waals surface area contributed by atoms with E-state index in [0.717, 1.165) is 0 Å². The summed E-state index contributed by atoms with van der Waals surface area (Å²) >= 11 is 11.8. The third-order valence-corrected chi connectivity index (χ3v) is 4.82. The Morgan fingerprint density at radius 2 is 1.84 bits per heavy atom. The predicted molar refractivity (Wildman–Crippen MR) is 81.6 cm³/mol. The van der Waals surface area contributed by atoms with Gasteiger partial charge < -0.3 is 5.32 Å². The molecule has 0 fully saturated rings. The number of anilines is 1. The lowest BCUT2D eigenvalue weighted by molar-refractivity contribution is 0.553. The number of halogens is 2. The summed E-state index contributed by atoms with van der Waals surface area (Å²) in [6.45, 7) is 5.92. The van der Waals surface area contributed by atoms with Crippen molar-refractivity contribution in [3.8, 4) is 0 Å². The number of hydrogen-bond acceptors (Lipinski definition) is 3. The van der Waals surface area contributed by atoms with Crippen molar-refractivity contribution in [3.63, 3.8) is 0 Å². The summed E-state index contributed by atoms with van der Waals surface area (Å²) in [5.74, 6) is 0. The number of sulfonamides is 1. The number of rotatable bonds is 6. The molecule has 0 saturated carbocycles. The molecule has 1 atom stereocenters. The molecular formula is C12H18Cl2N2O2S. The molecule has 0 heterocycles. The SMILES string of the molecule is CC(C)NCC(C)S(=O)(=O)Nc1cc(Cl)ccc1Cl. The van der Waals surface area contributed by atoms with Crippen LogP contribution in [0.3, 0.4) is 0 Å². The average molecular weight is 325 g/mol. The topological polar surface area (TPSA) is 58.2 Å². The maximum Gasteiger partial charge on any atom is 0.236 e. The lowest BCUT2D eigenvalue weighted by atomic mass is 10.3. The molecule has 0 amide bonds. The summed E-state index contributed by atoms with van der Waals surface area (Å²) in [7, 11) is -3.50. The Balaban J connectivity index is 2.81. The van der Waals surface area contributed by atoms with E-state index < -0.39 is 15.3 Å². The fourth-order valence-electron chi connectivity index (χ4n) is 1.34.